The highest BCUT2D eigenvalue weighted by molar-refractivity contribution is 7.92. The quantitative estimate of drug-likeness (QED) is 0.708. The van der Waals surface area contributed by atoms with Gasteiger partial charge < -0.3 is 0 Å². The van der Waals surface area contributed by atoms with Crippen LogP contribution in [0.2, 0.25) is 0 Å². The van der Waals surface area contributed by atoms with Crippen LogP contribution in [0.25, 0.3) is 5.69 Å². The molecule has 3 aromatic rings. The van der Waals surface area contributed by atoms with E-state index < -0.39 is 15.8 Å². The Morgan fingerprint density at radius 2 is 1.75 bits per heavy atom. The Hall–Kier alpha value is -2.94. The van der Waals surface area contributed by atoms with Crippen molar-refractivity contribution in [3.63, 3.8) is 0 Å². The second kappa shape index (κ2) is 7.23. The first-order valence-corrected chi connectivity index (χ1v) is 10.1. The third kappa shape index (κ3) is 3.57. The average Bonchev–Trinajstić information content (AvgIpc) is 2.86. The van der Waals surface area contributed by atoms with Crippen molar-refractivity contribution in [1.29, 1.82) is 0 Å². The Morgan fingerprint density at radius 1 is 1.11 bits per heavy atom. The standard InChI is InChI=1S/C19H21FN4O3S/c1-12(2)18-13(3)23(4)24(19(18)25)15-6-8-16(9-7-15)28(26,27)22-17-10-5-14(20)11-21-17/h5-12H,1-4H3,(H,21,22). The number of halogens is 1. The summed E-state index contributed by atoms with van der Waals surface area (Å²) in [6, 6.07) is 8.30. The summed E-state index contributed by atoms with van der Waals surface area (Å²) in [5.41, 5.74) is 2.02. The van der Waals surface area contributed by atoms with Crippen LogP contribution in [-0.4, -0.2) is 22.8 Å². The highest BCUT2D eigenvalue weighted by Gasteiger charge is 2.20. The molecule has 3 rings (SSSR count). The predicted octanol–water partition coefficient (Wildman–Crippen LogP) is 2.94. The maximum atomic E-state index is 12.9. The summed E-state index contributed by atoms with van der Waals surface area (Å²) in [6.07, 6.45) is 0.928. The van der Waals surface area contributed by atoms with Crippen LogP contribution in [0.5, 0.6) is 0 Å². The van der Waals surface area contributed by atoms with Gasteiger partial charge in [-0.05, 0) is 49.2 Å². The lowest BCUT2D eigenvalue weighted by molar-refractivity contribution is 0.600. The van der Waals surface area contributed by atoms with Crippen molar-refractivity contribution in [3.05, 3.63) is 70.0 Å². The van der Waals surface area contributed by atoms with Crippen LogP contribution in [0.3, 0.4) is 0 Å². The molecule has 0 saturated heterocycles. The molecule has 0 aliphatic carbocycles. The highest BCUT2D eigenvalue weighted by atomic mass is 32.2. The number of nitrogens with zero attached hydrogens (tertiary/aromatic N) is 3. The van der Waals surface area contributed by atoms with Crippen molar-refractivity contribution in [2.75, 3.05) is 4.72 Å². The average molecular weight is 404 g/mol. The Labute approximate surface area is 162 Å². The lowest BCUT2D eigenvalue weighted by Gasteiger charge is -2.10. The molecule has 2 aromatic heterocycles. The molecule has 0 radical (unpaired) electrons. The second-order valence-corrected chi connectivity index (χ2v) is 8.44. The van der Waals surface area contributed by atoms with Crippen LogP contribution in [0, 0.1) is 12.7 Å². The predicted molar refractivity (Wildman–Crippen MR) is 105 cm³/mol. The van der Waals surface area contributed by atoms with Crippen molar-refractivity contribution in [1.82, 2.24) is 14.3 Å². The Balaban J connectivity index is 1.95. The molecule has 0 amide bonds. The van der Waals surface area contributed by atoms with Gasteiger partial charge in [0.25, 0.3) is 15.6 Å². The lowest BCUT2D eigenvalue weighted by atomic mass is 10.0. The van der Waals surface area contributed by atoms with E-state index >= 15 is 0 Å². The Bertz CT molecular complexity index is 1160. The van der Waals surface area contributed by atoms with Crippen LogP contribution in [0.15, 0.2) is 52.3 Å². The SMILES string of the molecule is Cc1c(C(C)C)c(=O)n(-c2ccc(S(=O)(=O)Nc3ccc(F)cn3)cc2)n1C. The number of hydrogen-bond acceptors (Lipinski definition) is 4. The molecule has 0 saturated carbocycles. The fourth-order valence-electron chi connectivity index (χ4n) is 3.08. The number of aromatic nitrogens is 3. The zero-order chi connectivity index (χ0) is 20.6. The molecule has 0 aliphatic heterocycles. The van der Waals surface area contributed by atoms with Crippen LogP contribution < -0.4 is 10.3 Å². The Kier molecular flexibility index (Phi) is 5.12. The maximum absolute atomic E-state index is 12.9. The van der Waals surface area contributed by atoms with Gasteiger partial charge in [0.05, 0.1) is 16.8 Å². The third-order valence-corrected chi connectivity index (χ3v) is 5.90. The van der Waals surface area contributed by atoms with Gasteiger partial charge in [0.2, 0.25) is 0 Å². The van der Waals surface area contributed by atoms with E-state index in [1.54, 1.807) is 23.9 Å². The number of hydrogen-bond donors (Lipinski definition) is 1. The maximum Gasteiger partial charge on any atom is 0.275 e. The first kappa shape index (κ1) is 19.8. The number of nitrogens with one attached hydrogen (secondary N) is 1. The van der Waals surface area contributed by atoms with Crippen LogP contribution >= 0.6 is 0 Å². The topological polar surface area (TPSA) is 86.0 Å². The van der Waals surface area contributed by atoms with Crippen molar-refractivity contribution in [2.24, 2.45) is 7.05 Å². The van der Waals surface area contributed by atoms with Gasteiger partial charge in [-0.2, -0.15) is 0 Å². The van der Waals surface area contributed by atoms with E-state index in [9.17, 15) is 17.6 Å². The lowest BCUT2D eigenvalue weighted by Crippen LogP contribution is -2.21. The summed E-state index contributed by atoms with van der Waals surface area (Å²) in [4.78, 5) is 16.5. The molecular formula is C19H21FN4O3S. The molecule has 9 heteroatoms. The molecule has 0 unspecified atom stereocenters. The number of rotatable bonds is 5. The molecule has 2 heterocycles. The molecule has 28 heavy (non-hydrogen) atoms. The van der Waals surface area contributed by atoms with Gasteiger partial charge in [0, 0.05) is 18.3 Å². The van der Waals surface area contributed by atoms with Gasteiger partial charge in [-0.15, -0.1) is 0 Å². The summed E-state index contributed by atoms with van der Waals surface area (Å²) in [5.74, 6) is -0.468. The van der Waals surface area contributed by atoms with E-state index in [4.69, 9.17) is 0 Å². The zero-order valence-electron chi connectivity index (χ0n) is 16.0. The van der Waals surface area contributed by atoms with E-state index in [0.29, 0.717) is 5.69 Å². The van der Waals surface area contributed by atoms with E-state index in [1.807, 2.05) is 20.8 Å². The first-order valence-electron chi connectivity index (χ1n) is 8.65. The van der Waals surface area contributed by atoms with Crippen molar-refractivity contribution < 1.29 is 12.8 Å². The summed E-state index contributed by atoms with van der Waals surface area (Å²) in [6.45, 7) is 5.80. The highest BCUT2D eigenvalue weighted by Crippen LogP contribution is 2.20. The van der Waals surface area contributed by atoms with Gasteiger partial charge >= 0.3 is 0 Å². The van der Waals surface area contributed by atoms with E-state index in [-0.39, 0.29) is 22.2 Å². The molecule has 0 spiro atoms. The molecule has 148 valence electrons. The monoisotopic (exact) mass is 404 g/mol. The van der Waals surface area contributed by atoms with Crippen molar-refractivity contribution in [2.45, 2.75) is 31.6 Å². The summed E-state index contributed by atoms with van der Waals surface area (Å²) in [5, 5.41) is 0. The van der Waals surface area contributed by atoms with Gasteiger partial charge in [-0.3, -0.25) is 14.2 Å². The normalized spacial score (nSPS) is 11.8. The van der Waals surface area contributed by atoms with Gasteiger partial charge in [-0.25, -0.2) is 22.5 Å². The van der Waals surface area contributed by atoms with Gasteiger partial charge in [0.15, 0.2) is 0 Å². The largest absolute Gasteiger partial charge is 0.285 e. The number of anilines is 1. The number of pyridine rings is 1. The van der Waals surface area contributed by atoms with Crippen molar-refractivity contribution in [3.8, 4) is 5.69 Å². The van der Waals surface area contributed by atoms with Crippen LogP contribution in [0.1, 0.15) is 31.0 Å². The third-order valence-electron chi connectivity index (χ3n) is 4.53. The van der Waals surface area contributed by atoms with Crippen LogP contribution in [0.4, 0.5) is 10.2 Å². The van der Waals surface area contributed by atoms with Crippen molar-refractivity contribution >= 4 is 15.8 Å². The molecule has 7 nitrogen and oxygen atoms in total. The fraction of sp³-hybridized carbons (Fsp3) is 0.263. The van der Waals surface area contributed by atoms with Crippen LogP contribution in [-0.2, 0) is 17.1 Å². The molecule has 1 N–H and O–H groups in total. The van der Waals surface area contributed by atoms with E-state index in [1.165, 1.54) is 22.9 Å². The molecule has 0 fully saturated rings. The van der Waals surface area contributed by atoms with E-state index in [0.717, 1.165) is 23.5 Å². The molecule has 0 aliphatic rings. The van der Waals surface area contributed by atoms with Gasteiger partial charge in [-0.1, -0.05) is 13.8 Å². The zero-order valence-corrected chi connectivity index (χ0v) is 16.8. The molecule has 0 atom stereocenters. The summed E-state index contributed by atoms with van der Waals surface area (Å²) in [7, 11) is -2.10. The number of sulfonamides is 1. The molecule has 0 bridgehead atoms. The fourth-order valence-corrected chi connectivity index (χ4v) is 4.09. The minimum absolute atomic E-state index is 0.00504. The minimum Gasteiger partial charge on any atom is -0.285 e. The summed E-state index contributed by atoms with van der Waals surface area (Å²) < 4.78 is 43.5. The number of benzene rings is 1. The van der Waals surface area contributed by atoms with Gasteiger partial charge in [0.1, 0.15) is 11.6 Å². The first-order chi connectivity index (χ1) is 13.1. The minimum atomic E-state index is -3.89. The molecular weight excluding hydrogens is 383 g/mol. The summed E-state index contributed by atoms with van der Waals surface area (Å²) >= 11 is 0. The smallest absolute Gasteiger partial charge is 0.275 e. The second-order valence-electron chi connectivity index (χ2n) is 6.76. The Morgan fingerprint density at radius 3 is 2.25 bits per heavy atom. The van der Waals surface area contributed by atoms with E-state index in [2.05, 4.69) is 9.71 Å². The molecule has 1 aromatic carbocycles.